The molecule has 1 aromatic heterocycles. The van der Waals surface area contributed by atoms with E-state index in [9.17, 15) is 4.79 Å². The number of benzene rings is 2. The summed E-state index contributed by atoms with van der Waals surface area (Å²) in [5, 5.41) is 3.53. The van der Waals surface area contributed by atoms with Crippen molar-refractivity contribution in [2.24, 2.45) is 0 Å². The van der Waals surface area contributed by atoms with Gasteiger partial charge in [0.2, 0.25) is 0 Å². The molecule has 0 saturated carbocycles. The second-order valence-electron chi connectivity index (χ2n) is 5.46. The molecule has 5 nitrogen and oxygen atoms in total. The number of hydrogen-bond acceptors (Lipinski definition) is 5. The van der Waals surface area contributed by atoms with E-state index in [-0.39, 0.29) is 5.91 Å². The maximum Gasteiger partial charge on any atom is 0.252 e. The largest absolute Gasteiger partial charge is 0.437 e. The molecule has 3 rings (SSSR count). The van der Waals surface area contributed by atoms with Crippen LogP contribution in [0.1, 0.15) is 23.7 Å². The van der Waals surface area contributed by atoms with Crippen LogP contribution in [0.25, 0.3) is 0 Å². The highest BCUT2D eigenvalue weighted by Gasteiger charge is 2.11. The van der Waals surface area contributed by atoms with Crippen molar-refractivity contribution < 1.29 is 9.53 Å². The number of nitrogens with one attached hydrogen (secondary N) is 1. The molecule has 0 aliphatic carbocycles. The van der Waals surface area contributed by atoms with E-state index in [1.165, 1.54) is 11.8 Å². The molecule has 0 saturated heterocycles. The molecule has 26 heavy (non-hydrogen) atoms. The summed E-state index contributed by atoms with van der Waals surface area (Å²) in [6, 6.07) is 16.9. The second kappa shape index (κ2) is 9.01. The topological polar surface area (TPSA) is 64.1 Å². The number of ether oxygens (including phenoxy) is 1. The van der Waals surface area contributed by atoms with Crippen molar-refractivity contribution in [1.29, 1.82) is 0 Å². The zero-order valence-electron chi connectivity index (χ0n) is 14.4. The van der Waals surface area contributed by atoms with Crippen LogP contribution in [-0.4, -0.2) is 22.4 Å². The van der Waals surface area contributed by atoms with Gasteiger partial charge in [0.25, 0.3) is 11.8 Å². The Bertz CT molecular complexity index is 854. The molecule has 132 valence electrons. The highest BCUT2D eigenvalue weighted by Crippen LogP contribution is 2.33. The normalized spacial score (nSPS) is 10.3. The molecule has 0 fully saturated rings. The van der Waals surface area contributed by atoms with Gasteiger partial charge in [0, 0.05) is 29.4 Å². The third-order valence-electron chi connectivity index (χ3n) is 3.46. The Morgan fingerprint density at radius 2 is 1.77 bits per heavy atom. The van der Waals surface area contributed by atoms with Gasteiger partial charge in [-0.15, -0.1) is 0 Å². The quantitative estimate of drug-likeness (QED) is 0.665. The molecule has 2 aromatic carbocycles. The molecular formula is C20H19N3O2S. The van der Waals surface area contributed by atoms with E-state index in [1.807, 2.05) is 37.3 Å². The fraction of sp³-hybridized carbons (Fsp3) is 0.150. The number of hydrogen-bond donors (Lipinski definition) is 1. The summed E-state index contributed by atoms with van der Waals surface area (Å²) in [5.74, 6) is 0.954. The summed E-state index contributed by atoms with van der Waals surface area (Å²) in [5.41, 5.74) is 0.601. The molecule has 3 aromatic rings. The van der Waals surface area contributed by atoms with Crippen LogP contribution in [0.2, 0.25) is 0 Å². The number of rotatable bonds is 7. The summed E-state index contributed by atoms with van der Waals surface area (Å²) in [7, 11) is 0. The zero-order chi connectivity index (χ0) is 18.2. The van der Waals surface area contributed by atoms with Crippen molar-refractivity contribution in [2.45, 2.75) is 23.3 Å². The highest BCUT2D eigenvalue weighted by molar-refractivity contribution is 7.99. The molecule has 0 aliphatic heterocycles. The maximum absolute atomic E-state index is 12.0. The van der Waals surface area contributed by atoms with E-state index in [4.69, 9.17) is 4.74 Å². The van der Waals surface area contributed by atoms with Crippen molar-refractivity contribution in [1.82, 2.24) is 15.3 Å². The van der Waals surface area contributed by atoms with Crippen molar-refractivity contribution in [3.63, 3.8) is 0 Å². The smallest absolute Gasteiger partial charge is 0.252 e. The third kappa shape index (κ3) is 4.83. The summed E-state index contributed by atoms with van der Waals surface area (Å²) in [4.78, 5) is 21.7. The monoisotopic (exact) mass is 365 g/mol. The van der Waals surface area contributed by atoms with E-state index in [1.54, 1.807) is 36.7 Å². The summed E-state index contributed by atoms with van der Waals surface area (Å²) < 4.78 is 5.87. The lowest BCUT2D eigenvalue weighted by Gasteiger charge is -2.09. The van der Waals surface area contributed by atoms with Crippen molar-refractivity contribution in [2.75, 3.05) is 6.54 Å². The molecule has 0 spiro atoms. The number of amides is 1. The fourth-order valence-corrected chi connectivity index (χ4v) is 2.99. The molecule has 1 heterocycles. The predicted molar refractivity (Wildman–Crippen MR) is 102 cm³/mol. The van der Waals surface area contributed by atoms with Crippen molar-refractivity contribution >= 4 is 17.7 Å². The Morgan fingerprint density at radius 1 is 1.04 bits per heavy atom. The molecule has 1 N–H and O–H groups in total. The minimum Gasteiger partial charge on any atom is -0.437 e. The van der Waals surface area contributed by atoms with Crippen LogP contribution in [0.15, 0.2) is 76.9 Å². The molecule has 0 atom stereocenters. The molecule has 0 unspecified atom stereocenters. The summed E-state index contributed by atoms with van der Waals surface area (Å²) >= 11 is 1.49. The first-order valence-electron chi connectivity index (χ1n) is 8.36. The highest BCUT2D eigenvalue weighted by atomic mass is 32.2. The number of carbonyl (C=O) groups is 1. The minimum absolute atomic E-state index is 0.0850. The lowest BCUT2D eigenvalue weighted by Crippen LogP contribution is -2.23. The first kappa shape index (κ1) is 17.9. The van der Waals surface area contributed by atoms with Gasteiger partial charge in [-0.05, 0) is 42.8 Å². The maximum atomic E-state index is 12.0. The lowest BCUT2D eigenvalue weighted by atomic mass is 10.2. The Labute approximate surface area is 156 Å². The fourth-order valence-electron chi connectivity index (χ4n) is 2.18. The third-order valence-corrected chi connectivity index (χ3v) is 4.44. The number of nitrogens with zero attached hydrogens (tertiary/aromatic N) is 2. The van der Waals surface area contributed by atoms with Gasteiger partial charge in [-0.25, -0.2) is 9.97 Å². The van der Waals surface area contributed by atoms with Crippen LogP contribution in [-0.2, 0) is 0 Å². The van der Waals surface area contributed by atoms with Gasteiger partial charge in [0.15, 0.2) is 5.03 Å². The average molecular weight is 365 g/mol. The average Bonchev–Trinajstić information content (AvgIpc) is 2.69. The Kier molecular flexibility index (Phi) is 6.22. The van der Waals surface area contributed by atoms with Crippen LogP contribution >= 0.6 is 11.8 Å². The second-order valence-corrected chi connectivity index (χ2v) is 6.53. The summed E-state index contributed by atoms with van der Waals surface area (Å²) in [6.45, 7) is 2.68. The molecule has 1 amide bonds. The van der Waals surface area contributed by atoms with Crippen LogP contribution in [0.4, 0.5) is 0 Å². The molecule has 0 bridgehead atoms. The van der Waals surface area contributed by atoms with Crippen LogP contribution in [0, 0.1) is 0 Å². The van der Waals surface area contributed by atoms with Gasteiger partial charge in [0.05, 0.1) is 0 Å². The van der Waals surface area contributed by atoms with Gasteiger partial charge < -0.3 is 10.1 Å². The lowest BCUT2D eigenvalue weighted by molar-refractivity contribution is 0.0953. The molecule has 0 radical (unpaired) electrons. The number of aromatic nitrogens is 2. The van der Waals surface area contributed by atoms with Crippen LogP contribution in [0.3, 0.4) is 0 Å². The van der Waals surface area contributed by atoms with E-state index >= 15 is 0 Å². The molecule has 6 heteroatoms. The molecule has 0 aliphatic rings. The van der Waals surface area contributed by atoms with Gasteiger partial charge in [-0.3, -0.25) is 4.79 Å². The SMILES string of the molecule is CCCNC(=O)c1ccc(Oc2nccnc2Sc2ccccc2)cc1. The van der Waals surface area contributed by atoms with E-state index in [0.29, 0.717) is 28.8 Å². The van der Waals surface area contributed by atoms with Gasteiger partial charge >= 0.3 is 0 Å². The van der Waals surface area contributed by atoms with Gasteiger partial charge in [0.1, 0.15) is 5.75 Å². The van der Waals surface area contributed by atoms with Crippen LogP contribution in [0.5, 0.6) is 11.6 Å². The Balaban J connectivity index is 1.72. The van der Waals surface area contributed by atoms with Crippen molar-refractivity contribution in [3.8, 4) is 11.6 Å². The number of carbonyl (C=O) groups excluding carboxylic acids is 1. The minimum atomic E-state index is -0.0850. The first-order valence-corrected chi connectivity index (χ1v) is 9.18. The first-order chi connectivity index (χ1) is 12.8. The summed E-state index contributed by atoms with van der Waals surface area (Å²) in [6.07, 6.45) is 4.14. The van der Waals surface area contributed by atoms with E-state index < -0.39 is 0 Å². The van der Waals surface area contributed by atoms with Crippen molar-refractivity contribution in [3.05, 3.63) is 72.6 Å². The Morgan fingerprint density at radius 3 is 2.50 bits per heavy atom. The van der Waals surface area contributed by atoms with Gasteiger partial charge in [-0.1, -0.05) is 36.9 Å². The molecular weight excluding hydrogens is 346 g/mol. The van der Waals surface area contributed by atoms with E-state index in [2.05, 4.69) is 15.3 Å². The Hall–Kier alpha value is -2.86. The predicted octanol–water partition coefficient (Wildman–Crippen LogP) is 4.56. The van der Waals surface area contributed by atoms with E-state index in [0.717, 1.165) is 11.3 Å². The van der Waals surface area contributed by atoms with Crippen LogP contribution < -0.4 is 10.1 Å². The van der Waals surface area contributed by atoms with Gasteiger partial charge in [-0.2, -0.15) is 0 Å². The zero-order valence-corrected chi connectivity index (χ0v) is 15.2. The standard InChI is InChI=1S/C20H19N3O2S/c1-2-12-21-18(24)15-8-10-16(11-9-15)25-19-20(23-14-13-22-19)26-17-6-4-3-5-7-17/h3-11,13-14H,2,12H2,1H3,(H,21,24).